The Morgan fingerprint density at radius 1 is 1.75 bits per heavy atom. The van der Waals surface area contributed by atoms with E-state index in [-0.39, 0.29) is 0 Å². The van der Waals surface area contributed by atoms with Crippen LogP contribution in [-0.4, -0.2) is 0 Å². The molecule has 0 atom stereocenters. The molecule has 0 unspecified atom stereocenters. The van der Waals surface area contributed by atoms with Gasteiger partial charge in [-0.3, -0.25) is 0 Å². The summed E-state index contributed by atoms with van der Waals surface area (Å²) < 4.78 is 0. The van der Waals surface area contributed by atoms with Crippen molar-refractivity contribution in [2.24, 2.45) is 0 Å². The third-order valence-corrected chi connectivity index (χ3v) is 2.54. The molecule has 0 aliphatic rings. The van der Waals surface area contributed by atoms with Crippen LogP contribution < -0.4 is 0 Å². The Kier molecular flexibility index (Phi) is 2.23. The second-order valence-electron chi connectivity index (χ2n) is 1.38. The molecular formula is C5H4ClS2. The molecule has 0 amide bonds. The van der Waals surface area contributed by atoms with Gasteiger partial charge in [0, 0.05) is 16.0 Å². The Morgan fingerprint density at radius 2 is 2.50 bits per heavy atom. The van der Waals surface area contributed by atoms with E-state index in [1.807, 2.05) is 11.4 Å². The van der Waals surface area contributed by atoms with Crippen LogP contribution in [0.15, 0.2) is 11.4 Å². The highest BCUT2D eigenvalue weighted by atomic mass is 35.5. The van der Waals surface area contributed by atoms with Gasteiger partial charge in [0.15, 0.2) is 0 Å². The fraction of sp³-hybridized carbons (Fsp3) is 0.200. The standard InChI is InChI=1S/C5H4ClS2/c6-4-1-5(2-7)8-3-4/h1,3H,2H2. The van der Waals surface area contributed by atoms with Crippen molar-refractivity contribution in [1.29, 1.82) is 0 Å². The SMILES string of the molecule is [S]Cc1cc(Cl)cs1. The van der Waals surface area contributed by atoms with Crippen LogP contribution in [0.25, 0.3) is 0 Å². The third kappa shape index (κ3) is 1.41. The van der Waals surface area contributed by atoms with Gasteiger partial charge < -0.3 is 0 Å². The van der Waals surface area contributed by atoms with Crippen LogP contribution in [0.3, 0.4) is 0 Å². The molecule has 1 aromatic rings. The van der Waals surface area contributed by atoms with Gasteiger partial charge in [-0.15, -0.1) is 11.3 Å². The zero-order valence-electron chi connectivity index (χ0n) is 4.06. The summed E-state index contributed by atoms with van der Waals surface area (Å²) in [6, 6.07) is 1.90. The van der Waals surface area contributed by atoms with E-state index in [0.717, 1.165) is 5.02 Å². The maximum atomic E-state index is 5.60. The summed E-state index contributed by atoms with van der Waals surface area (Å²) in [7, 11) is 0. The highest BCUT2D eigenvalue weighted by molar-refractivity contribution is 7.79. The predicted molar refractivity (Wildman–Crippen MR) is 40.6 cm³/mol. The van der Waals surface area contributed by atoms with E-state index in [0.29, 0.717) is 5.75 Å². The predicted octanol–water partition coefficient (Wildman–Crippen LogP) is 3.10. The smallest absolute Gasteiger partial charge is 0.0516 e. The molecule has 0 saturated heterocycles. The summed E-state index contributed by atoms with van der Waals surface area (Å²) >= 11 is 12.0. The minimum atomic E-state index is 0.678. The minimum Gasteiger partial charge on any atom is -0.146 e. The summed E-state index contributed by atoms with van der Waals surface area (Å²) in [4.78, 5) is 1.17. The molecule has 0 N–H and O–H groups in total. The second-order valence-corrected chi connectivity index (χ2v) is 3.10. The maximum absolute atomic E-state index is 5.60. The molecule has 0 aromatic carbocycles. The lowest BCUT2D eigenvalue weighted by Gasteiger charge is -1.77. The van der Waals surface area contributed by atoms with Crippen LogP contribution in [0.5, 0.6) is 0 Å². The quantitative estimate of drug-likeness (QED) is 0.597. The summed E-state index contributed by atoms with van der Waals surface area (Å²) in [5, 5.41) is 2.69. The number of hydrogen-bond donors (Lipinski definition) is 0. The van der Waals surface area contributed by atoms with Gasteiger partial charge in [0.2, 0.25) is 0 Å². The lowest BCUT2D eigenvalue weighted by Crippen LogP contribution is -1.59. The van der Waals surface area contributed by atoms with Gasteiger partial charge in [0.25, 0.3) is 0 Å². The van der Waals surface area contributed by atoms with Gasteiger partial charge in [-0.25, -0.2) is 0 Å². The minimum absolute atomic E-state index is 0.678. The lowest BCUT2D eigenvalue weighted by atomic mass is 10.5. The Hall–Kier alpha value is 0.340. The van der Waals surface area contributed by atoms with Crippen molar-refractivity contribution in [1.82, 2.24) is 0 Å². The summed E-state index contributed by atoms with van der Waals surface area (Å²) in [5.41, 5.74) is 0. The molecule has 0 aliphatic carbocycles. The molecule has 0 aliphatic heterocycles. The molecule has 43 valence electrons. The first-order valence-corrected chi connectivity index (χ1v) is 3.97. The van der Waals surface area contributed by atoms with Crippen molar-refractivity contribution >= 4 is 35.6 Å². The first-order valence-electron chi connectivity index (χ1n) is 2.14. The van der Waals surface area contributed by atoms with E-state index in [2.05, 4.69) is 0 Å². The maximum Gasteiger partial charge on any atom is 0.0516 e. The van der Waals surface area contributed by atoms with Gasteiger partial charge in [-0.2, -0.15) is 0 Å². The average Bonchev–Trinajstić information content (AvgIpc) is 2.14. The number of thiophene rings is 1. The summed E-state index contributed by atoms with van der Waals surface area (Å²) in [5.74, 6) is 0.678. The van der Waals surface area contributed by atoms with Crippen LogP contribution in [0, 0.1) is 0 Å². The third-order valence-electron chi connectivity index (χ3n) is 0.764. The Morgan fingerprint density at radius 3 is 2.75 bits per heavy atom. The van der Waals surface area contributed by atoms with E-state index in [4.69, 9.17) is 24.2 Å². The molecule has 0 bridgehead atoms. The topological polar surface area (TPSA) is 0 Å². The van der Waals surface area contributed by atoms with Crippen molar-refractivity contribution in [3.05, 3.63) is 21.3 Å². The van der Waals surface area contributed by atoms with E-state index in [1.165, 1.54) is 4.88 Å². The molecular weight excluding hydrogens is 160 g/mol. The van der Waals surface area contributed by atoms with Crippen molar-refractivity contribution in [3.8, 4) is 0 Å². The van der Waals surface area contributed by atoms with Crippen molar-refractivity contribution in [2.45, 2.75) is 5.75 Å². The fourth-order valence-corrected chi connectivity index (χ4v) is 1.64. The summed E-state index contributed by atoms with van der Waals surface area (Å²) in [6.45, 7) is 0. The fourth-order valence-electron chi connectivity index (χ4n) is 0.430. The lowest BCUT2D eigenvalue weighted by molar-refractivity contribution is 1.57. The Balaban J connectivity index is 2.84. The molecule has 0 nitrogen and oxygen atoms in total. The van der Waals surface area contributed by atoms with Crippen molar-refractivity contribution in [3.63, 3.8) is 0 Å². The van der Waals surface area contributed by atoms with Gasteiger partial charge in [-0.1, -0.05) is 24.2 Å². The van der Waals surface area contributed by atoms with E-state index in [9.17, 15) is 0 Å². The Bertz CT molecular complexity index is 171. The van der Waals surface area contributed by atoms with Gasteiger partial charge in [0.05, 0.1) is 5.02 Å². The molecule has 0 saturated carbocycles. The zero-order valence-corrected chi connectivity index (χ0v) is 6.45. The number of halogens is 1. The van der Waals surface area contributed by atoms with Crippen LogP contribution in [0.2, 0.25) is 5.02 Å². The number of hydrogen-bond acceptors (Lipinski definition) is 1. The largest absolute Gasteiger partial charge is 0.146 e. The molecule has 8 heavy (non-hydrogen) atoms. The van der Waals surface area contributed by atoms with Crippen molar-refractivity contribution < 1.29 is 0 Å². The molecule has 3 heteroatoms. The van der Waals surface area contributed by atoms with Gasteiger partial charge in [0.1, 0.15) is 0 Å². The van der Waals surface area contributed by atoms with Gasteiger partial charge in [-0.05, 0) is 6.07 Å². The number of rotatable bonds is 1. The highest BCUT2D eigenvalue weighted by Crippen LogP contribution is 2.19. The summed E-state index contributed by atoms with van der Waals surface area (Å²) in [6.07, 6.45) is 0. The molecule has 1 rings (SSSR count). The van der Waals surface area contributed by atoms with E-state index >= 15 is 0 Å². The van der Waals surface area contributed by atoms with E-state index < -0.39 is 0 Å². The molecule has 1 aromatic heterocycles. The van der Waals surface area contributed by atoms with Crippen LogP contribution >= 0.6 is 35.6 Å². The van der Waals surface area contributed by atoms with E-state index in [1.54, 1.807) is 11.3 Å². The molecule has 1 heterocycles. The first kappa shape index (κ1) is 6.46. The Labute approximate surface area is 62.9 Å². The van der Waals surface area contributed by atoms with Crippen LogP contribution in [-0.2, 0) is 5.75 Å². The first-order chi connectivity index (χ1) is 3.83. The second kappa shape index (κ2) is 2.76. The van der Waals surface area contributed by atoms with Crippen molar-refractivity contribution in [2.75, 3.05) is 0 Å². The van der Waals surface area contributed by atoms with Gasteiger partial charge >= 0.3 is 0 Å². The normalized spacial score (nSPS) is 9.75. The monoisotopic (exact) mass is 163 g/mol. The zero-order chi connectivity index (χ0) is 5.98. The molecule has 0 spiro atoms. The average molecular weight is 164 g/mol. The molecule has 0 fully saturated rings. The van der Waals surface area contributed by atoms with Crippen LogP contribution in [0.1, 0.15) is 4.88 Å². The van der Waals surface area contributed by atoms with Crippen LogP contribution in [0.4, 0.5) is 0 Å². The highest BCUT2D eigenvalue weighted by Gasteiger charge is 1.92. The molecule has 1 radical (unpaired) electrons.